The Labute approximate surface area is 198 Å². The Kier molecular flexibility index (Phi) is 7.10. The van der Waals surface area contributed by atoms with Gasteiger partial charge >= 0.3 is 12.4 Å². The zero-order valence-electron chi connectivity index (χ0n) is 17.2. The Morgan fingerprint density at radius 3 is 2.17 bits per heavy atom. The van der Waals surface area contributed by atoms with Crippen LogP contribution in [0.1, 0.15) is 24.1 Å². The molecule has 0 aliphatic heterocycles. The van der Waals surface area contributed by atoms with Gasteiger partial charge in [0.25, 0.3) is 15.9 Å². The third-order valence-corrected chi connectivity index (χ3v) is 5.90. The smallest absolute Gasteiger partial charge is 0.276 e. The van der Waals surface area contributed by atoms with E-state index in [2.05, 4.69) is 15.4 Å². The van der Waals surface area contributed by atoms with Crippen molar-refractivity contribution >= 4 is 27.5 Å². The molecule has 1 atom stereocenters. The molecule has 35 heavy (non-hydrogen) atoms. The number of benzene rings is 2. The third-order valence-electron chi connectivity index (χ3n) is 4.41. The van der Waals surface area contributed by atoms with E-state index in [-0.39, 0.29) is 16.0 Å². The monoisotopic (exact) mass is 542 g/mol. The van der Waals surface area contributed by atoms with E-state index in [4.69, 9.17) is 11.6 Å². The molecule has 9 nitrogen and oxygen atoms in total. The summed E-state index contributed by atoms with van der Waals surface area (Å²) in [6, 6.07) is 4.49. The molecule has 0 fully saturated rings. The number of alkyl halides is 6. The average molecular weight is 543 g/mol. The minimum atomic E-state index is -5.08. The second kappa shape index (κ2) is 9.43. The van der Waals surface area contributed by atoms with Gasteiger partial charge in [-0.05, 0) is 48.5 Å². The lowest BCUT2D eigenvalue weighted by Gasteiger charge is -2.13. The van der Waals surface area contributed by atoms with E-state index in [1.807, 2.05) is 10.3 Å². The second-order valence-electron chi connectivity index (χ2n) is 6.96. The fraction of sp³-hybridized carbons (Fsp3) is 0.222. The van der Waals surface area contributed by atoms with Crippen LogP contribution < -0.4 is 10.3 Å². The summed E-state index contributed by atoms with van der Waals surface area (Å²) in [6.45, 7) is 1.18. The van der Waals surface area contributed by atoms with Gasteiger partial charge in [0.15, 0.2) is 6.04 Å². The van der Waals surface area contributed by atoms with Crippen molar-refractivity contribution in [3.63, 3.8) is 0 Å². The summed E-state index contributed by atoms with van der Waals surface area (Å²) in [4.78, 5) is 14.5. The molecule has 1 amide bonds. The number of aromatic nitrogens is 4. The molecular formula is C18H13ClF6N6O3S. The molecule has 3 aromatic rings. The number of carbonyl (C=O) groups excluding carboxylic acids is 1. The maximum atomic E-state index is 13.1. The van der Waals surface area contributed by atoms with Crippen molar-refractivity contribution in [2.75, 3.05) is 0 Å². The Bertz CT molecular complexity index is 1330. The van der Waals surface area contributed by atoms with Crippen molar-refractivity contribution in [1.82, 2.24) is 30.5 Å². The van der Waals surface area contributed by atoms with Crippen LogP contribution in [0, 0.1) is 0 Å². The van der Waals surface area contributed by atoms with E-state index in [1.54, 1.807) is 0 Å². The molecular weight excluding hydrogens is 530 g/mol. The van der Waals surface area contributed by atoms with Gasteiger partial charge in [0.05, 0.1) is 16.0 Å². The normalized spacial score (nSPS) is 13.5. The molecule has 0 aliphatic carbocycles. The van der Waals surface area contributed by atoms with Crippen LogP contribution in [0.5, 0.6) is 0 Å². The number of hydrazine groups is 1. The van der Waals surface area contributed by atoms with Crippen molar-refractivity contribution < 1.29 is 39.6 Å². The number of hydrogen-bond acceptors (Lipinski definition) is 6. The molecule has 2 aromatic carbocycles. The van der Waals surface area contributed by atoms with Crippen LogP contribution in [0.25, 0.3) is 11.4 Å². The first kappa shape index (κ1) is 26.4. The van der Waals surface area contributed by atoms with Crippen molar-refractivity contribution in [3.05, 3.63) is 58.6 Å². The van der Waals surface area contributed by atoms with Gasteiger partial charge in [-0.15, -0.1) is 15.0 Å². The molecule has 0 saturated carbocycles. The predicted octanol–water partition coefficient (Wildman–Crippen LogP) is 3.60. The zero-order valence-corrected chi connectivity index (χ0v) is 18.8. The summed E-state index contributed by atoms with van der Waals surface area (Å²) >= 11 is 5.74. The number of carbonyl (C=O) groups is 1. The van der Waals surface area contributed by atoms with Crippen LogP contribution in [0.2, 0.25) is 5.02 Å². The summed E-state index contributed by atoms with van der Waals surface area (Å²) < 4.78 is 103. The summed E-state index contributed by atoms with van der Waals surface area (Å²) in [6.07, 6.45) is -10.2. The summed E-state index contributed by atoms with van der Waals surface area (Å²) in [5, 5.41) is 10.7. The van der Waals surface area contributed by atoms with Crippen LogP contribution in [0.4, 0.5) is 26.3 Å². The fourth-order valence-electron chi connectivity index (χ4n) is 2.61. The number of sulfonamides is 1. The van der Waals surface area contributed by atoms with Crippen LogP contribution >= 0.6 is 11.6 Å². The number of amides is 1. The molecule has 1 aromatic heterocycles. The SMILES string of the molecule is C[C@H](C(=O)NNS(=O)(=O)c1cccc(Cl)c1)n1nnc(-c2cc(C(F)(F)F)cc(C(F)(F)F)c2)n1. The summed E-state index contributed by atoms with van der Waals surface area (Å²) in [5.74, 6) is -1.64. The first-order chi connectivity index (χ1) is 16.1. The molecule has 188 valence electrons. The van der Waals surface area contributed by atoms with Gasteiger partial charge in [0, 0.05) is 10.6 Å². The largest absolute Gasteiger partial charge is 0.416 e. The van der Waals surface area contributed by atoms with Crippen molar-refractivity contribution in [3.8, 4) is 11.4 Å². The molecule has 2 N–H and O–H groups in total. The molecule has 0 aliphatic rings. The zero-order chi connectivity index (χ0) is 26.2. The highest BCUT2D eigenvalue weighted by atomic mass is 35.5. The molecule has 0 bridgehead atoms. The lowest BCUT2D eigenvalue weighted by atomic mass is 10.0. The van der Waals surface area contributed by atoms with E-state index in [0.29, 0.717) is 16.9 Å². The number of tetrazole rings is 1. The van der Waals surface area contributed by atoms with Crippen LogP contribution in [0.3, 0.4) is 0 Å². The van der Waals surface area contributed by atoms with Gasteiger partial charge < -0.3 is 0 Å². The number of rotatable bonds is 6. The molecule has 3 rings (SSSR count). The van der Waals surface area contributed by atoms with Crippen molar-refractivity contribution in [2.24, 2.45) is 0 Å². The lowest BCUT2D eigenvalue weighted by Crippen LogP contribution is -2.44. The number of nitrogens with zero attached hydrogens (tertiary/aromatic N) is 4. The summed E-state index contributed by atoms with van der Waals surface area (Å²) in [5.41, 5.74) is -1.91. The van der Waals surface area contributed by atoms with E-state index < -0.39 is 56.8 Å². The first-order valence-electron chi connectivity index (χ1n) is 9.24. The van der Waals surface area contributed by atoms with Crippen LogP contribution in [0.15, 0.2) is 47.4 Å². The van der Waals surface area contributed by atoms with E-state index >= 15 is 0 Å². The Morgan fingerprint density at radius 1 is 1.03 bits per heavy atom. The van der Waals surface area contributed by atoms with E-state index in [0.717, 1.165) is 6.07 Å². The lowest BCUT2D eigenvalue weighted by molar-refractivity contribution is -0.143. The number of hydrogen-bond donors (Lipinski definition) is 2. The maximum Gasteiger partial charge on any atom is 0.416 e. The fourth-order valence-corrected chi connectivity index (χ4v) is 3.76. The molecule has 17 heteroatoms. The van der Waals surface area contributed by atoms with Gasteiger partial charge in [-0.25, -0.2) is 8.42 Å². The van der Waals surface area contributed by atoms with Gasteiger partial charge in [0.1, 0.15) is 0 Å². The average Bonchev–Trinajstić information content (AvgIpc) is 3.26. The molecule has 0 spiro atoms. The number of halogens is 7. The van der Waals surface area contributed by atoms with Crippen LogP contribution in [-0.2, 0) is 27.2 Å². The summed E-state index contributed by atoms with van der Waals surface area (Å²) in [7, 11) is -4.21. The van der Waals surface area contributed by atoms with E-state index in [1.165, 1.54) is 25.1 Å². The molecule has 1 heterocycles. The van der Waals surface area contributed by atoms with Crippen molar-refractivity contribution in [1.29, 1.82) is 0 Å². The Morgan fingerprint density at radius 2 is 1.63 bits per heavy atom. The molecule has 0 unspecified atom stereocenters. The molecule has 0 saturated heterocycles. The minimum absolute atomic E-state index is 0.0595. The van der Waals surface area contributed by atoms with Gasteiger partial charge in [-0.2, -0.15) is 31.1 Å². The van der Waals surface area contributed by atoms with Gasteiger partial charge in [-0.1, -0.05) is 17.7 Å². The van der Waals surface area contributed by atoms with Crippen molar-refractivity contribution in [2.45, 2.75) is 30.2 Å². The highest BCUT2D eigenvalue weighted by Gasteiger charge is 2.37. The Hall–Kier alpha value is -3.24. The highest BCUT2D eigenvalue weighted by molar-refractivity contribution is 7.89. The quantitative estimate of drug-likeness (QED) is 0.363. The predicted molar refractivity (Wildman–Crippen MR) is 108 cm³/mol. The third kappa shape index (κ3) is 6.26. The number of nitrogens with one attached hydrogen (secondary N) is 2. The minimum Gasteiger partial charge on any atom is -0.276 e. The van der Waals surface area contributed by atoms with E-state index in [9.17, 15) is 39.6 Å². The maximum absolute atomic E-state index is 13.1. The second-order valence-corrected chi connectivity index (χ2v) is 9.07. The Balaban J connectivity index is 1.81. The molecule has 0 radical (unpaired) electrons. The standard InChI is InChI=1S/C18H13ClF6N6O3S/c1-9(16(32)27-30-35(33,34)14-4-2-3-13(19)8-14)31-28-15(26-29-31)10-5-11(17(20,21)22)7-12(6-10)18(23,24)25/h2-9,30H,1H3,(H,27,32)/t9-/m1/s1. The van der Waals surface area contributed by atoms with Gasteiger partial charge in [-0.3, -0.25) is 10.2 Å². The topological polar surface area (TPSA) is 119 Å². The first-order valence-corrected chi connectivity index (χ1v) is 11.1. The highest BCUT2D eigenvalue weighted by Crippen LogP contribution is 2.38. The van der Waals surface area contributed by atoms with Crippen LogP contribution in [-0.4, -0.2) is 34.5 Å². The van der Waals surface area contributed by atoms with Gasteiger partial charge in [0.2, 0.25) is 5.82 Å².